The van der Waals surface area contributed by atoms with Crippen LogP contribution in [0.1, 0.15) is 34.1 Å². The minimum absolute atomic E-state index is 0.174. The van der Waals surface area contributed by atoms with Crippen molar-refractivity contribution in [3.8, 4) is 0 Å². The molecule has 0 aliphatic heterocycles. The molecule has 4 heteroatoms. The maximum absolute atomic E-state index is 10.5. The van der Waals surface area contributed by atoms with Crippen molar-refractivity contribution in [3.05, 3.63) is 0 Å². The molecule has 0 rings (SSSR count). The molecule has 0 aromatic carbocycles. The number of hydrogen-bond donors (Lipinski definition) is 2. The molecule has 0 aromatic rings. The van der Waals surface area contributed by atoms with Crippen molar-refractivity contribution in [2.24, 2.45) is 11.8 Å². The number of carboxylic acid groups (broad SMARTS) is 1. The van der Waals surface area contributed by atoms with E-state index in [0.717, 1.165) is 13.1 Å². The fourth-order valence-electron chi connectivity index (χ4n) is 1.82. The van der Waals surface area contributed by atoms with E-state index in [1.807, 2.05) is 0 Å². The lowest BCUT2D eigenvalue weighted by Crippen LogP contribution is -2.38. The minimum atomic E-state index is -0.943. The van der Waals surface area contributed by atoms with Crippen LogP contribution in [0.5, 0.6) is 0 Å². The first-order valence-corrected chi connectivity index (χ1v) is 5.93. The molecule has 0 amide bonds. The maximum atomic E-state index is 10.5. The summed E-state index contributed by atoms with van der Waals surface area (Å²) in [6.45, 7) is 10.7. The second-order valence-electron chi connectivity index (χ2n) is 5.26. The third kappa shape index (κ3) is 8.68. The van der Waals surface area contributed by atoms with Gasteiger partial charge >= 0.3 is 5.97 Å². The van der Waals surface area contributed by atoms with Crippen LogP contribution in [0, 0.1) is 11.8 Å². The summed E-state index contributed by atoms with van der Waals surface area (Å²) >= 11 is 0. The van der Waals surface area contributed by atoms with E-state index >= 15 is 0 Å². The van der Waals surface area contributed by atoms with Crippen molar-refractivity contribution >= 4 is 5.97 Å². The molecule has 4 nitrogen and oxygen atoms in total. The van der Waals surface area contributed by atoms with Gasteiger partial charge in [0.2, 0.25) is 0 Å². The Labute approximate surface area is 98.3 Å². The van der Waals surface area contributed by atoms with Crippen LogP contribution in [-0.2, 0) is 4.79 Å². The standard InChI is InChI=1S/C12H25NO3/c1-9(2)6-13(7-10(3)4)8-11(14)5-12(15)16/h9-11,14H,5-8H2,1-4H3,(H,15,16). The van der Waals surface area contributed by atoms with Crippen molar-refractivity contribution in [2.45, 2.75) is 40.2 Å². The van der Waals surface area contributed by atoms with E-state index < -0.39 is 12.1 Å². The molecule has 0 bridgehead atoms. The Morgan fingerprint density at radius 1 is 1.06 bits per heavy atom. The maximum Gasteiger partial charge on any atom is 0.306 e. The predicted molar refractivity (Wildman–Crippen MR) is 64.4 cm³/mol. The summed E-state index contributed by atoms with van der Waals surface area (Å²) in [4.78, 5) is 12.6. The number of carbonyl (C=O) groups is 1. The molecule has 0 heterocycles. The van der Waals surface area contributed by atoms with Gasteiger partial charge in [-0.1, -0.05) is 27.7 Å². The molecule has 0 aliphatic carbocycles. The highest BCUT2D eigenvalue weighted by atomic mass is 16.4. The lowest BCUT2D eigenvalue weighted by molar-refractivity contribution is -0.139. The molecule has 0 saturated heterocycles. The molecule has 0 aliphatic rings. The van der Waals surface area contributed by atoms with E-state index in [0.29, 0.717) is 18.4 Å². The molecule has 0 saturated carbocycles. The Hall–Kier alpha value is -0.610. The first-order valence-electron chi connectivity index (χ1n) is 5.93. The normalized spacial score (nSPS) is 13.8. The van der Waals surface area contributed by atoms with Gasteiger partial charge in [0, 0.05) is 19.6 Å². The van der Waals surface area contributed by atoms with E-state index in [1.165, 1.54) is 0 Å². The summed E-state index contributed by atoms with van der Waals surface area (Å²) in [7, 11) is 0. The van der Waals surface area contributed by atoms with Crippen LogP contribution in [0.3, 0.4) is 0 Å². The number of carboxylic acids is 1. The SMILES string of the molecule is CC(C)CN(CC(C)C)CC(O)CC(=O)O. The first kappa shape index (κ1) is 15.4. The second-order valence-corrected chi connectivity index (χ2v) is 5.26. The Balaban J connectivity index is 4.13. The summed E-state index contributed by atoms with van der Waals surface area (Å²) in [5.41, 5.74) is 0. The molecule has 0 aromatic heterocycles. The van der Waals surface area contributed by atoms with E-state index in [9.17, 15) is 9.90 Å². The largest absolute Gasteiger partial charge is 0.481 e. The Bertz CT molecular complexity index is 194. The molecule has 16 heavy (non-hydrogen) atoms. The smallest absolute Gasteiger partial charge is 0.306 e. The molecule has 0 spiro atoms. The molecule has 1 atom stereocenters. The van der Waals surface area contributed by atoms with Gasteiger partial charge in [-0.05, 0) is 11.8 Å². The first-order chi connectivity index (χ1) is 7.31. The lowest BCUT2D eigenvalue weighted by atomic mass is 10.1. The van der Waals surface area contributed by atoms with Crippen LogP contribution in [0.15, 0.2) is 0 Å². The van der Waals surface area contributed by atoms with Crippen molar-refractivity contribution in [3.63, 3.8) is 0 Å². The molecular weight excluding hydrogens is 206 g/mol. The second kappa shape index (κ2) is 7.63. The predicted octanol–water partition coefficient (Wildman–Crippen LogP) is 1.44. The quantitative estimate of drug-likeness (QED) is 0.663. The van der Waals surface area contributed by atoms with Crippen LogP contribution in [0.4, 0.5) is 0 Å². The third-order valence-corrected chi connectivity index (χ3v) is 2.13. The average Bonchev–Trinajstić information content (AvgIpc) is 1.97. The monoisotopic (exact) mass is 231 g/mol. The van der Waals surface area contributed by atoms with Crippen LogP contribution in [0.25, 0.3) is 0 Å². The van der Waals surface area contributed by atoms with Crippen LogP contribution >= 0.6 is 0 Å². The highest BCUT2D eigenvalue weighted by molar-refractivity contribution is 5.67. The minimum Gasteiger partial charge on any atom is -0.481 e. The molecule has 96 valence electrons. The van der Waals surface area contributed by atoms with E-state index in [2.05, 4.69) is 32.6 Å². The Kier molecular flexibility index (Phi) is 7.34. The molecule has 0 fully saturated rings. The number of hydrogen-bond acceptors (Lipinski definition) is 3. The topological polar surface area (TPSA) is 60.8 Å². The molecular formula is C12H25NO3. The number of aliphatic hydroxyl groups excluding tert-OH is 1. The van der Waals surface area contributed by atoms with Gasteiger partial charge in [-0.15, -0.1) is 0 Å². The zero-order valence-electron chi connectivity index (χ0n) is 10.8. The summed E-state index contributed by atoms with van der Waals surface area (Å²) in [6.07, 6.45) is -0.942. The van der Waals surface area contributed by atoms with Crippen molar-refractivity contribution in [2.75, 3.05) is 19.6 Å². The van der Waals surface area contributed by atoms with Crippen LogP contribution in [-0.4, -0.2) is 46.8 Å². The Morgan fingerprint density at radius 3 is 1.81 bits per heavy atom. The van der Waals surface area contributed by atoms with Gasteiger partial charge in [0.15, 0.2) is 0 Å². The highest BCUT2D eigenvalue weighted by Crippen LogP contribution is 2.06. The zero-order valence-corrected chi connectivity index (χ0v) is 10.8. The summed E-state index contributed by atoms with van der Waals surface area (Å²) in [5.74, 6) is 0.105. The van der Waals surface area contributed by atoms with E-state index in [4.69, 9.17) is 5.11 Å². The number of nitrogens with zero attached hydrogens (tertiary/aromatic N) is 1. The summed E-state index contributed by atoms with van der Waals surface area (Å²) in [5, 5.41) is 18.2. The number of rotatable bonds is 8. The fraction of sp³-hybridized carbons (Fsp3) is 0.917. The summed E-state index contributed by atoms with van der Waals surface area (Å²) < 4.78 is 0. The van der Waals surface area contributed by atoms with Gasteiger partial charge in [0.05, 0.1) is 12.5 Å². The molecule has 0 radical (unpaired) electrons. The van der Waals surface area contributed by atoms with Gasteiger partial charge < -0.3 is 15.1 Å². The van der Waals surface area contributed by atoms with Crippen LogP contribution < -0.4 is 0 Å². The van der Waals surface area contributed by atoms with Gasteiger partial charge in [-0.25, -0.2) is 0 Å². The zero-order chi connectivity index (χ0) is 12.7. The lowest BCUT2D eigenvalue weighted by Gasteiger charge is -2.27. The van der Waals surface area contributed by atoms with Crippen molar-refractivity contribution in [1.82, 2.24) is 4.90 Å². The van der Waals surface area contributed by atoms with Crippen molar-refractivity contribution < 1.29 is 15.0 Å². The number of aliphatic carboxylic acids is 1. The van der Waals surface area contributed by atoms with Crippen molar-refractivity contribution in [1.29, 1.82) is 0 Å². The summed E-state index contributed by atoms with van der Waals surface area (Å²) in [6, 6.07) is 0. The van der Waals surface area contributed by atoms with Crippen LogP contribution in [0.2, 0.25) is 0 Å². The third-order valence-electron chi connectivity index (χ3n) is 2.13. The molecule has 2 N–H and O–H groups in total. The van der Waals surface area contributed by atoms with E-state index in [1.54, 1.807) is 0 Å². The Morgan fingerprint density at radius 2 is 1.50 bits per heavy atom. The molecule has 1 unspecified atom stereocenters. The van der Waals surface area contributed by atoms with Gasteiger partial charge in [0.1, 0.15) is 0 Å². The average molecular weight is 231 g/mol. The van der Waals surface area contributed by atoms with E-state index in [-0.39, 0.29) is 6.42 Å². The number of aliphatic hydroxyl groups is 1. The highest BCUT2D eigenvalue weighted by Gasteiger charge is 2.16. The van der Waals surface area contributed by atoms with Gasteiger partial charge in [-0.2, -0.15) is 0 Å². The fourth-order valence-corrected chi connectivity index (χ4v) is 1.82. The van der Waals surface area contributed by atoms with Gasteiger partial charge in [-0.3, -0.25) is 4.79 Å². The van der Waals surface area contributed by atoms with Gasteiger partial charge in [0.25, 0.3) is 0 Å².